The summed E-state index contributed by atoms with van der Waals surface area (Å²) >= 11 is 0. The van der Waals surface area contributed by atoms with Crippen LogP contribution in [0.2, 0.25) is 0 Å². The van der Waals surface area contributed by atoms with Crippen molar-refractivity contribution in [2.45, 2.75) is 37.1 Å². The Morgan fingerprint density at radius 1 is 0.844 bits per heavy atom. The lowest BCUT2D eigenvalue weighted by Crippen LogP contribution is -2.33. The quantitative estimate of drug-likeness (QED) is 0.409. The molecule has 4 aromatic rings. The van der Waals surface area contributed by atoms with Gasteiger partial charge in [0.15, 0.2) is 0 Å². The largest absolute Gasteiger partial charge is 0.361 e. The smallest absolute Gasteiger partial charge is 0.264 e. The third-order valence-electron chi connectivity index (χ3n) is 6.16. The Morgan fingerprint density at radius 2 is 1.53 bits per heavy atom. The summed E-state index contributed by atoms with van der Waals surface area (Å²) in [6.45, 7) is 6.36. The molecule has 2 heterocycles. The normalized spacial score (nSPS) is 16.3. The molecule has 1 aliphatic heterocycles. The summed E-state index contributed by atoms with van der Waals surface area (Å²) in [4.78, 5) is 3.60. The Morgan fingerprint density at radius 3 is 2.28 bits per heavy atom. The highest BCUT2D eigenvalue weighted by Gasteiger charge is 2.35. The minimum Gasteiger partial charge on any atom is -0.361 e. The van der Waals surface area contributed by atoms with E-state index >= 15 is 0 Å². The van der Waals surface area contributed by atoms with Crippen molar-refractivity contribution in [3.05, 3.63) is 107 Å². The number of H-pyrrole nitrogens is 1. The fraction of sp³-hybridized carbons (Fsp3) is 0.185. The van der Waals surface area contributed by atoms with E-state index in [-0.39, 0.29) is 5.41 Å². The average molecular weight is 443 g/mol. The molecule has 0 saturated heterocycles. The summed E-state index contributed by atoms with van der Waals surface area (Å²) in [6.07, 6.45) is 5.50. The first-order valence-electron chi connectivity index (χ1n) is 10.7. The van der Waals surface area contributed by atoms with Crippen LogP contribution < -0.4 is 0 Å². The molecule has 5 heteroatoms. The summed E-state index contributed by atoms with van der Waals surface area (Å²) in [6, 6.07) is 22.8. The molecule has 1 aromatic heterocycles. The van der Waals surface area contributed by atoms with E-state index in [4.69, 9.17) is 0 Å². The van der Waals surface area contributed by atoms with Gasteiger partial charge in [-0.25, -0.2) is 8.42 Å². The molecule has 5 rings (SSSR count). The Bertz CT molecular complexity index is 1420. The van der Waals surface area contributed by atoms with E-state index in [0.29, 0.717) is 4.90 Å². The van der Waals surface area contributed by atoms with E-state index < -0.39 is 16.1 Å². The molecule has 0 amide bonds. The van der Waals surface area contributed by atoms with Gasteiger partial charge in [0.1, 0.15) is 0 Å². The molecule has 1 atom stereocenters. The second-order valence-electron chi connectivity index (χ2n) is 9.25. The van der Waals surface area contributed by atoms with Crippen LogP contribution in [0, 0.1) is 0 Å². The van der Waals surface area contributed by atoms with Crippen molar-refractivity contribution in [1.82, 2.24) is 9.29 Å². The number of rotatable bonds is 3. The summed E-state index contributed by atoms with van der Waals surface area (Å²) in [5, 5.41) is 1.02. The molecular formula is C27H26N2O2S. The molecule has 0 bridgehead atoms. The first-order chi connectivity index (χ1) is 15.3. The lowest BCUT2D eigenvalue weighted by atomic mass is 9.87. The van der Waals surface area contributed by atoms with Crippen molar-refractivity contribution in [2.24, 2.45) is 0 Å². The zero-order chi connectivity index (χ0) is 22.5. The van der Waals surface area contributed by atoms with E-state index in [0.717, 1.165) is 33.2 Å². The molecule has 0 saturated carbocycles. The van der Waals surface area contributed by atoms with Crippen molar-refractivity contribution >= 4 is 27.0 Å². The summed E-state index contributed by atoms with van der Waals surface area (Å²) < 4.78 is 29.2. The first kappa shape index (κ1) is 20.6. The SMILES string of the molecule is CC(C)(C)c1ccc(S(=O)(=O)N2C=Cc3ccccc3[C@H]2c2c[nH]c3ccccc23)cc1. The highest BCUT2D eigenvalue weighted by Crippen LogP contribution is 2.41. The van der Waals surface area contributed by atoms with E-state index in [2.05, 4.69) is 25.8 Å². The third kappa shape index (κ3) is 3.33. The Kier molecular flexibility index (Phi) is 4.75. The zero-order valence-corrected chi connectivity index (χ0v) is 19.2. The number of benzene rings is 3. The maximum absolute atomic E-state index is 13.9. The molecule has 32 heavy (non-hydrogen) atoms. The van der Waals surface area contributed by atoms with Gasteiger partial charge < -0.3 is 4.98 Å². The van der Waals surface area contributed by atoms with Crippen LogP contribution in [-0.4, -0.2) is 17.7 Å². The minimum atomic E-state index is -3.78. The number of aromatic nitrogens is 1. The number of nitrogens with one attached hydrogen (secondary N) is 1. The van der Waals surface area contributed by atoms with Crippen molar-refractivity contribution in [2.75, 3.05) is 0 Å². The van der Waals surface area contributed by atoms with Crippen LogP contribution in [0.5, 0.6) is 0 Å². The molecule has 3 aromatic carbocycles. The standard InChI is InChI=1S/C27H26N2O2S/c1-27(2,3)20-12-14-21(15-13-20)32(30,31)29-17-16-19-8-4-5-9-22(19)26(29)24-18-28-25-11-7-6-10-23(24)25/h4-18,26,28H,1-3H3/t26-/m0/s1. The van der Waals surface area contributed by atoms with Crippen LogP contribution in [0.4, 0.5) is 0 Å². The Labute approximate surface area is 189 Å². The van der Waals surface area contributed by atoms with Gasteiger partial charge in [-0.05, 0) is 46.4 Å². The highest BCUT2D eigenvalue weighted by molar-refractivity contribution is 7.89. The van der Waals surface area contributed by atoms with Crippen molar-refractivity contribution in [1.29, 1.82) is 0 Å². The fourth-order valence-electron chi connectivity index (χ4n) is 4.38. The minimum absolute atomic E-state index is 0.0428. The molecule has 1 N–H and O–H groups in total. The van der Waals surface area contributed by atoms with Crippen molar-refractivity contribution in [3.63, 3.8) is 0 Å². The molecule has 0 fully saturated rings. The number of hydrogen-bond donors (Lipinski definition) is 1. The van der Waals surface area contributed by atoms with Gasteiger partial charge in [-0.15, -0.1) is 0 Å². The topological polar surface area (TPSA) is 53.2 Å². The molecule has 1 aliphatic rings. The number of aromatic amines is 1. The lowest BCUT2D eigenvalue weighted by Gasteiger charge is -2.34. The number of fused-ring (bicyclic) bond motifs is 2. The predicted molar refractivity (Wildman–Crippen MR) is 130 cm³/mol. The molecule has 0 radical (unpaired) electrons. The summed E-state index contributed by atoms with van der Waals surface area (Å²) in [5.74, 6) is 0. The average Bonchev–Trinajstić information content (AvgIpc) is 3.21. The van der Waals surface area contributed by atoms with Crippen LogP contribution in [0.3, 0.4) is 0 Å². The van der Waals surface area contributed by atoms with Gasteiger partial charge in [0.2, 0.25) is 0 Å². The first-order valence-corrected chi connectivity index (χ1v) is 12.2. The highest BCUT2D eigenvalue weighted by atomic mass is 32.2. The van der Waals surface area contributed by atoms with Gasteiger partial charge in [-0.2, -0.15) is 0 Å². The van der Waals surface area contributed by atoms with Gasteiger partial charge in [0.05, 0.1) is 10.9 Å². The monoisotopic (exact) mass is 442 g/mol. The third-order valence-corrected chi connectivity index (χ3v) is 7.91. The van der Waals surface area contributed by atoms with Gasteiger partial charge >= 0.3 is 0 Å². The van der Waals surface area contributed by atoms with Crippen LogP contribution in [0.25, 0.3) is 17.0 Å². The van der Waals surface area contributed by atoms with Crippen molar-refractivity contribution < 1.29 is 8.42 Å². The number of hydrogen-bond acceptors (Lipinski definition) is 2. The van der Waals surface area contributed by atoms with Gasteiger partial charge in [0.25, 0.3) is 10.0 Å². The lowest BCUT2D eigenvalue weighted by molar-refractivity contribution is 0.448. The summed E-state index contributed by atoms with van der Waals surface area (Å²) in [7, 11) is -3.78. The maximum atomic E-state index is 13.9. The molecule has 4 nitrogen and oxygen atoms in total. The molecule has 0 spiro atoms. The van der Waals surface area contributed by atoms with Crippen LogP contribution >= 0.6 is 0 Å². The molecule has 0 unspecified atom stereocenters. The van der Waals surface area contributed by atoms with Crippen LogP contribution in [0.15, 0.2) is 90.1 Å². The number of nitrogens with zero attached hydrogens (tertiary/aromatic N) is 1. The van der Waals surface area contributed by atoms with Crippen LogP contribution in [-0.2, 0) is 15.4 Å². The van der Waals surface area contributed by atoms with E-state index in [9.17, 15) is 8.42 Å². The fourth-order valence-corrected chi connectivity index (χ4v) is 5.83. The molecular weight excluding hydrogens is 416 g/mol. The number of para-hydroxylation sites is 1. The van der Waals surface area contributed by atoms with E-state index in [1.807, 2.05) is 72.9 Å². The Balaban J connectivity index is 1.67. The number of sulfonamides is 1. The van der Waals surface area contributed by atoms with Crippen molar-refractivity contribution in [3.8, 4) is 0 Å². The zero-order valence-electron chi connectivity index (χ0n) is 18.4. The molecule has 0 aliphatic carbocycles. The maximum Gasteiger partial charge on any atom is 0.264 e. The second kappa shape index (κ2) is 7.38. The van der Waals surface area contributed by atoms with Gasteiger partial charge in [-0.1, -0.05) is 75.4 Å². The predicted octanol–water partition coefficient (Wildman–Crippen LogP) is 6.23. The van der Waals surface area contributed by atoms with Gasteiger partial charge in [0, 0.05) is 28.9 Å². The van der Waals surface area contributed by atoms with E-state index in [1.54, 1.807) is 18.3 Å². The van der Waals surface area contributed by atoms with Gasteiger partial charge in [-0.3, -0.25) is 4.31 Å². The summed E-state index contributed by atoms with van der Waals surface area (Å²) in [5.41, 5.74) is 4.98. The van der Waals surface area contributed by atoms with E-state index in [1.165, 1.54) is 4.31 Å². The molecule has 162 valence electrons. The Hall–Kier alpha value is -3.31. The van der Waals surface area contributed by atoms with Crippen LogP contribution in [0.1, 0.15) is 49.1 Å². The second-order valence-corrected chi connectivity index (χ2v) is 11.1.